The number of aliphatic imine (C=N–C) groups is 1. The molecule has 1 aliphatic heterocycles. The third kappa shape index (κ3) is 8.47. The summed E-state index contributed by atoms with van der Waals surface area (Å²) < 4.78 is 16.5. The Hall–Kier alpha value is -1.26. The fourth-order valence-electron chi connectivity index (χ4n) is 3.38. The molecule has 1 atom stereocenters. The molecule has 0 bridgehead atoms. The number of methoxy groups -OCH3 is 2. The molecule has 30 heavy (non-hydrogen) atoms. The van der Waals surface area contributed by atoms with Gasteiger partial charge in [-0.05, 0) is 37.0 Å². The van der Waals surface area contributed by atoms with Crippen LogP contribution in [0.4, 0.5) is 0 Å². The van der Waals surface area contributed by atoms with Crippen LogP contribution in [0.25, 0.3) is 0 Å². The molecular weight excluding hydrogens is 495 g/mol. The highest BCUT2D eigenvalue weighted by molar-refractivity contribution is 14.0. The highest BCUT2D eigenvalue weighted by Crippen LogP contribution is 2.32. The van der Waals surface area contributed by atoms with E-state index in [4.69, 9.17) is 19.2 Å². The summed E-state index contributed by atoms with van der Waals surface area (Å²) in [6.07, 6.45) is 1.12. The molecule has 8 heteroatoms. The van der Waals surface area contributed by atoms with E-state index in [9.17, 15) is 0 Å². The van der Waals surface area contributed by atoms with Crippen LogP contribution in [0.2, 0.25) is 0 Å². The Morgan fingerprint density at radius 2 is 1.83 bits per heavy atom. The van der Waals surface area contributed by atoms with Gasteiger partial charge in [-0.3, -0.25) is 9.89 Å². The number of nitrogens with zero attached hydrogens (tertiary/aromatic N) is 2. The molecular formula is C22H39IN4O3. The lowest BCUT2D eigenvalue weighted by Gasteiger charge is -2.34. The first-order chi connectivity index (χ1) is 14.1. The van der Waals surface area contributed by atoms with Crippen LogP contribution >= 0.6 is 24.0 Å². The predicted octanol–water partition coefficient (Wildman–Crippen LogP) is 3.30. The second-order valence-corrected chi connectivity index (χ2v) is 7.61. The summed E-state index contributed by atoms with van der Waals surface area (Å²) in [7, 11) is 3.33. The van der Waals surface area contributed by atoms with Gasteiger partial charge in [-0.25, -0.2) is 0 Å². The van der Waals surface area contributed by atoms with Crippen molar-refractivity contribution in [2.75, 3.05) is 60.2 Å². The summed E-state index contributed by atoms with van der Waals surface area (Å²) in [5.74, 6) is 3.02. The Kier molecular flexibility index (Phi) is 13.1. The van der Waals surface area contributed by atoms with Crippen molar-refractivity contribution in [1.29, 1.82) is 0 Å². The van der Waals surface area contributed by atoms with Gasteiger partial charge in [0.1, 0.15) is 0 Å². The Labute approximate surface area is 199 Å². The second-order valence-electron chi connectivity index (χ2n) is 7.61. The maximum Gasteiger partial charge on any atom is 0.191 e. The number of ether oxygens (including phenoxy) is 3. The highest BCUT2D eigenvalue weighted by Gasteiger charge is 2.24. The Bertz CT molecular complexity index is 637. The Balaban J connectivity index is 0.00000450. The number of halogens is 1. The second kappa shape index (κ2) is 14.7. The van der Waals surface area contributed by atoms with Crippen molar-refractivity contribution in [2.45, 2.75) is 33.2 Å². The van der Waals surface area contributed by atoms with Crippen molar-refractivity contribution in [3.8, 4) is 11.5 Å². The number of morpholine rings is 1. The summed E-state index contributed by atoms with van der Waals surface area (Å²) in [6.45, 7) is 12.3. The van der Waals surface area contributed by atoms with Gasteiger partial charge in [0, 0.05) is 26.2 Å². The molecule has 1 fully saturated rings. The minimum Gasteiger partial charge on any atom is -0.493 e. The van der Waals surface area contributed by atoms with E-state index in [1.807, 2.05) is 6.07 Å². The maximum atomic E-state index is 5.56. The minimum absolute atomic E-state index is 0. The highest BCUT2D eigenvalue weighted by atomic mass is 127. The van der Waals surface area contributed by atoms with Crippen molar-refractivity contribution >= 4 is 29.9 Å². The standard InChI is InChI=1S/C22H38N4O3.HI/c1-6-23-22(24-10-9-17(2)3)25-16-19(26-11-13-29-14-12-26)18-7-8-20(27-4)21(15-18)28-5;/h7-8,15,17,19H,6,9-14,16H2,1-5H3,(H2,23,24,25);1H. The van der Waals surface area contributed by atoms with E-state index in [1.165, 1.54) is 5.56 Å². The van der Waals surface area contributed by atoms with Gasteiger partial charge >= 0.3 is 0 Å². The molecule has 0 amide bonds. The minimum atomic E-state index is 0. The topological polar surface area (TPSA) is 67.4 Å². The quantitative estimate of drug-likeness (QED) is 0.273. The van der Waals surface area contributed by atoms with Gasteiger partial charge in [-0.2, -0.15) is 0 Å². The number of benzene rings is 1. The van der Waals surface area contributed by atoms with E-state index in [2.05, 4.69) is 48.4 Å². The van der Waals surface area contributed by atoms with E-state index < -0.39 is 0 Å². The van der Waals surface area contributed by atoms with Crippen molar-refractivity contribution in [3.63, 3.8) is 0 Å². The van der Waals surface area contributed by atoms with Gasteiger partial charge < -0.3 is 24.8 Å². The van der Waals surface area contributed by atoms with Crippen molar-refractivity contribution < 1.29 is 14.2 Å². The van der Waals surface area contributed by atoms with Gasteiger partial charge in [-0.15, -0.1) is 24.0 Å². The van der Waals surface area contributed by atoms with E-state index in [1.54, 1.807) is 14.2 Å². The lowest BCUT2D eigenvalue weighted by Crippen LogP contribution is -2.42. The fraction of sp³-hybridized carbons (Fsp3) is 0.682. The fourth-order valence-corrected chi connectivity index (χ4v) is 3.38. The molecule has 0 radical (unpaired) electrons. The third-order valence-electron chi connectivity index (χ3n) is 5.06. The molecule has 1 aromatic carbocycles. The molecule has 2 rings (SSSR count). The molecule has 1 aromatic rings. The summed E-state index contributed by atoms with van der Waals surface area (Å²) in [6, 6.07) is 6.29. The van der Waals surface area contributed by atoms with E-state index in [0.717, 1.165) is 63.3 Å². The zero-order chi connectivity index (χ0) is 21.1. The molecule has 7 nitrogen and oxygen atoms in total. The zero-order valence-corrected chi connectivity index (χ0v) is 21.4. The van der Waals surface area contributed by atoms with Gasteiger partial charge in [0.25, 0.3) is 0 Å². The predicted molar refractivity (Wildman–Crippen MR) is 134 cm³/mol. The molecule has 1 unspecified atom stereocenters. The molecule has 1 heterocycles. The largest absolute Gasteiger partial charge is 0.493 e. The molecule has 1 saturated heterocycles. The Morgan fingerprint density at radius 1 is 1.13 bits per heavy atom. The summed E-state index contributed by atoms with van der Waals surface area (Å²) in [5.41, 5.74) is 1.17. The van der Waals surface area contributed by atoms with Crippen molar-refractivity contribution in [3.05, 3.63) is 23.8 Å². The first kappa shape index (κ1) is 26.8. The molecule has 0 saturated carbocycles. The van der Waals surface area contributed by atoms with Crippen LogP contribution in [0.3, 0.4) is 0 Å². The van der Waals surface area contributed by atoms with Gasteiger partial charge in [0.15, 0.2) is 17.5 Å². The average molecular weight is 534 g/mol. The lowest BCUT2D eigenvalue weighted by molar-refractivity contribution is 0.0179. The number of nitrogens with one attached hydrogen (secondary N) is 2. The van der Waals surface area contributed by atoms with E-state index in [0.29, 0.717) is 12.5 Å². The SMILES string of the molecule is CCNC(=NCC(c1ccc(OC)c(OC)c1)N1CCOCC1)NCCC(C)C.I. The van der Waals surface area contributed by atoms with Gasteiger partial charge in [0.05, 0.1) is 40.0 Å². The molecule has 2 N–H and O–H groups in total. The lowest BCUT2D eigenvalue weighted by atomic mass is 10.0. The normalized spacial score (nSPS) is 16.0. The molecule has 0 aromatic heterocycles. The number of guanidine groups is 1. The number of hydrogen-bond acceptors (Lipinski definition) is 5. The summed E-state index contributed by atoms with van der Waals surface area (Å²) >= 11 is 0. The van der Waals surface area contributed by atoms with Crippen molar-refractivity contribution in [1.82, 2.24) is 15.5 Å². The van der Waals surface area contributed by atoms with E-state index in [-0.39, 0.29) is 30.0 Å². The first-order valence-electron chi connectivity index (χ1n) is 10.6. The van der Waals surface area contributed by atoms with Crippen LogP contribution in [0.15, 0.2) is 23.2 Å². The van der Waals surface area contributed by atoms with Crippen LogP contribution in [0, 0.1) is 5.92 Å². The van der Waals surface area contributed by atoms with Crippen LogP contribution in [-0.4, -0.2) is 71.0 Å². The summed E-state index contributed by atoms with van der Waals surface area (Å²) in [4.78, 5) is 7.34. The zero-order valence-electron chi connectivity index (χ0n) is 19.1. The molecule has 172 valence electrons. The van der Waals surface area contributed by atoms with Gasteiger partial charge in [-0.1, -0.05) is 19.9 Å². The Morgan fingerprint density at radius 3 is 2.43 bits per heavy atom. The number of rotatable bonds is 10. The third-order valence-corrected chi connectivity index (χ3v) is 5.06. The smallest absolute Gasteiger partial charge is 0.191 e. The molecule has 0 spiro atoms. The first-order valence-corrected chi connectivity index (χ1v) is 10.6. The van der Waals surface area contributed by atoms with Crippen LogP contribution in [-0.2, 0) is 4.74 Å². The summed E-state index contributed by atoms with van der Waals surface area (Å²) in [5, 5.41) is 6.81. The van der Waals surface area contributed by atoms with Crippen LogP contribution in [0.5, 0.6) is 11.5 Å². The van der Waals surface area contributed by atoms with Gasteiger partial charge in [0.2, 0.25) is 0 Å². The monoisotopic (exact) mass is 534 g/mol. The molecule has 0 aliphatic carbocycles. The van der Waals surface area contributed by atoms with E-state index >= 15 is 0 Å². The van der Waals surface area contributed by atoms with Crippen molar-refractivity contribution in [2.24, 2.45) is 10.9 Å². The van der Waals surface area contributed by atoms with Crippen LogP contribution in [0.1, 0.15) is 38.8 Å². The average Bonchev–Trinajstić information content (AvgIpc) is 2.74. The maximum absolute atomic E-state index is 5.56. The van der Waals surface area contributed by atoms with Crippen LogP contribution < -0.4 is 20.1 Å². The molecule has 1 aliphatic rings. The number of hydrogen-bond donors (Lipinski definition) is 2.